The number of aromatic nitrogens is 1. The first-order valence-electron chi connectivity index (χ1n) is 7.54. The van der Waals surface area contributed by atoms with Gasteiger partial charge in [-0.15, -0.1) is 0 Å². The summed E-state index contributed by atoms with van der Waals surface area (Å²) in [6.07, 6.45) is 6.14. The summed E-state index contributed by atoms with van der Waals surface area (Å²) in [7, 11) is 0. The van der Waals surface area contributed by atoms with Crippen molar-refractivity contribution in [1.82, 2.24) is 10.3 Å². The van der Waals surface area contributed by atoms with Gasteiger partial charge in [0.05, 0.1) is 0 Å². The fourth-order valence-corrected chi connectivity index (χ4v) is 2.38. The summed E-state index contributed by atoms with van der Waals surface area (Å²) >= 11 is 0. The summed E-state index contributed by atoms with van der Waals surface area (Å²) in [5.74, 6) is 0.266. The molecule has 2 N–H and O–H groups in total. The Morgan fingerprint density at radius 2 is 2.30 bits per heavy atom. The third-order valence-corrected chi connectivity index (χ3v) is 4.08. The third-order valence-electron chi connectivity index (χ3n) is 4.08. The number of nitrogens with one attached hydrogen (secondary N) is 1. The average molecular weight is 276 g/mol. The molecule has 0 aliphatic heterocycles. The molecule has 110 valence electrons. The summed E-state index contributed by atoms with van der Waals surface area (Å²) in [4.78, 5) is 16.0. The van der Waals surface area contributed by atoms with Gasteiger partial charge in [-0.25, -0.2) is 0 Å². The predicted molar refractivity (Wildman–Crippen MR) is 78.7 cm³/mol. The number of hydrogen-bond acceptors (Lipinski definition) is 3. The van der Waals surface area contributed by atoms with Crippen molar-refractivity contribution in [3.8, 4) is 0 Å². The SMILES string of the molecule is CCC(C)CCNC(C(=O)O)c1cccnc1C1CC1. The van der Waals surface area contributed by atoms with E-state index in [1.165, 1.54) is 0 Å². The quantitative estimate of drug-likeness (QED) is 0.766. The summed E-state index contributed by atoms with van der Waals surface area (Å²) in [6.45, 7) is 5.08. The topological polar surface area (TPSA) is 62.2 Å². The molecule has 0 radical (unpaired) electrons. The lowest BCUT2D eigenvalue weighted by Gasteiger charge is -2.18. The maximum absolute atomic E-state index is 11.6. The van der Waals surface area contributed by atoms with Crippen LogP contribution >= 0.6 is 0 Å². The van der Waals surface area contributed by atoms with Gasteiger partial charge < -0.3 is 10.4 Å². The molecule has 0 amide bonds. The molecule has 0 bridgehead atoms. The zero-order valence-corrected chi connectivity index (χ0v) is 12.3. The van der Waals surface area contributed by atoms with Crippen LogP contribution in [0.5, 0.6) is 0 Å². The van der Waals surface area contributed by atoms with E-state index in [0.717, 1.165) is 43.5 Å². The fraction of sp³-hybridized carbons (Fsp3) is 0.625. The maximum atomic E-state index is 11.6. The van der Waals surface area contributed by atoms with Crippen LogP contribution in [-0.2, 0) is 4.79 Å². The normalized spacial score (nSPS) is 17.7. The molecular formula is C16H24N2O2. The Morgan fingerprint density at radius 3 is 2.90 bits per heavy atom. The molecule has 1 heterocycles. The van der Waals surface area contributed by atoms with Gasteiger partial charge in [0.15, 0.2) is 0 Å². The van der Waals surface area contributed by atoms with E-state index in [1.807, 2.05) is 12.1 Å². The summed E-state index contributed by atoms with van der Waals surface area (Å²) in [6, 6.07) is 3.09. The Kier molecular flexibility index (Phi) is 5.12. The fourth-order valence-electron chi connectivity index (χ4n) is 2.38. The smallest absolute Gasteiger partial charge is 0.325 e. The van der Waals surface area contributed by atoms with Crippen molar-refractivity contribution in [2.24, 2.45) is 5.92 Å². The van der Waals surface area contributed by atoms with Crippen LogP contribution in [0.3, 0.4) is 0 Å². The molecule has 1 saturated carbocycles. The Bertz CT molecular complexity index is 458. The highest BCUT2D eigenvalue weighted by molar-refractivity contribution is 5.76. The van der Waals surface area contributed by atoms with Gasteiger partial charge >= 0.3 is 5.97 Å². The van der Waals surface area contributed by atoms with E-state index < -0.39 is 12.0 Å². The number of pyridine rings is 1. The van der Waals surface area contributed by atoms with Gasteiger partial charge in [-0.2, -0.15) is 0 Å². The minimum atomic E-state index is -0.816. The Labute approximate surface area is 120 Å². The Morgan fingerprint density at radius 1 is 1.55 bits per heavy atom. The molecule has 2 rings (SSSR count). The van der Waals surface area contributed by atoms with Gasteiger partial charge in [0, 0.05) is 23.4 Å². The molecule has 4 heteroatoms. The largest absolute Gasteiger partial charge is 0.480 e. The van der Waals surface area contributed by atoms with E-state index >= 15 is 0 Å². The van der Waals surface area contributed by atoms with Crippen molar-refractivity contribution >= 4 is 5.97 Å². The number of aliphatic carboxylic acids is 1. The number of carboxylic acid groups (broad SMARTS) is 1. The number of carbonyl (C=O) groups is 1. The van der Waals surface area contributed by atoms with Crippen LogP contribution in [0.4, 0.5) is 0 Å². The van der Waals surface area contributed by atoms with Crippen molar-refractivity contribution in [2.45, 2.75) is 51.5 Å². The van der Waals surface area contributed by atoms with E-state index in [9.17, 15) is 9.90 Å². The van der Waals surface area contributed by atoms with E-state index in [4.69, 9.17) is 0 Å². The Balaban J connectivity index is 2.06. The van der Waals surface area contributed by atoms with Crippen LogP contribution in [0.25, 0.3) is 0 Å². The van der Waals surface area contributed by atoms with Crippen molar-refractivity contribution in [2.75, 3.05) is 6.54 Å². The van der Waals surface area contributed by atoms with Gasteiger partial charge in [0.1, 0.15) is 6.04 Å². The molecule has 0 saturated heterocycles. The maximum Gasteiger partial charge on any atom is 0.325 e. The molecule has 20 heavy (non-hydrogen) atoms. The van der Waals surface area contributed by atoms with Crippen LogP contribution in [0, 0.1) is 5.92 Å². The molecule has 1 aliphatic carbocycles. The van der Waals surface area contributed by atoms with Crippen molar-refractivity contribution in [3.63, 3.8) is 0 Å². The molecule has 0 spiro atoms. The lowest BCUT2D eigenvalue weighted by atomic mass is 10.0. The van der Waals surface area contributed by atoms with Gasteiger partial charge in [-0.05, 0) is 37.8 Å². The lowest BCUT2D eigenvalue weighted by Crippen LogP contribution is -2.31. The number of rotatable bonds is 8. The molecule has 0 aromatic carbocycles. The first-order valence-corrected chi connectivity index (χ1v) is 7.54. The monoisotopic (exact) mass is 276 g/mol. The molecule has 1 fully saturated rings. The lowest BCUT2D eigenvalue weighted by molar-refractivity contribution is -0.139. The first-order chi connectivity index (χ1) is 9.63. The second kappa shape index (κ2) is 6.84. The van der Waals surface area contributed by atoms with Crippen LogP contribution in [0.1, 0.15) is 62.7 Å². The van der Waals surface area contributed by atoms with E-state index in [0.29, 0.717) is 11.8 Å². The van der Waals surface area contributed by atoms with Gasteiger partial charge in [0.25, 0.3) is 0 Å². The van der Waals surface area contributed by atoms with E-state index in [-0.39, 0.29) is 0 Å². The van der Waals surface area contributed by atoms with Crippen LogP contribution < -0.4 is 5.32 Å². The summed E-state index contributed by atoms with van der Waals surface area (Å²) in [5, 5.41) is 12.7. The summed E-state index contributed by atoms with van der Waals surface area (Å²) in [5.41, 5.74) is 1.81. The highest BCUT2D eigenvalue weighted by Gasteiger charge is 2.31. The van der Waals surface area contributed by atoms with E-state index in [2.05, 4.69) is 24.1 Å². The summed E-state index contributed by atoms with van der Waals surface area (Å²) < 4.78 is 0. The molecule has 4 nitrogen and oxygen atoms in total. The average Bonchev–Trinajstić information content (AvgIpc) is 3.27. The zero-order valence-electron chi connectivity index (χ0n) is 12.3. The molecule has 1 aromatic rings. The van der Waals surface area contributed by atoms with Crippen molar-refractivity contribution < 1.29 is 9.90 Å². The highest BCUT2D eigenvalue weighted by atomic mass is 16.4. The molecule has 2 atom stereocenters. The van der Waals surface area contributed by atoms with E-state index in [1.54, 1.807) is 6.20 Å². The second-order valence-electron chi connectivity index (χ2n) is 5.78. The van der Waals surface area contributed by atoms with Crippen LogP contribution in [0.2, 0.25) is 0 Å². The van der Waals surface area contributed by atoms with Crippen molar-refractivity contribution in [1.29, 1.82) is 0 Å². The number of hydrogen-bond donors (Lipinski definition) is 2. The minimum Gasteiger partial charge on any atom is -0.480 e. The van der Waals surface area contributed by atoms with Gasteiger partial charge in [-0.3, -0.25) is 9.78 Å². The highest BCUT2D eigenvalue weighted by Crippen LogP contribution is 2.41. The molecule has 2 unspecified atom stereocenters. The standard InChI is InChI=1S/C16H24N2O2/c1-3-11(2)8-10-18-15(16(19)20)13-5-4-9-17-14(13)12-6-7-12/h4-5,9,11-12,15,18H,3,6-8,10H2,1-2H3,(H,19,20). The van der Waals surface area contributed by atoms with Crippen molar-refractivity contribution in [3.05, 3.63) is 29.6 Å². The number of nitrogens with zero attached hydrogens (tertiary/aromatic N) is 1. The molecular weight excluding hydrogens is 252 g/mol. The molecule has 1 aromatic heterocycles. The third kappa shape index (κ3) is 3.79. The van der Waals surface area contributed by atoms with Crippen LogP contribution in [-0.4, -0.2) is 22.6 Å². The zero-order chi connectivity index (χ0) is 14.5. The predicted octanol–water partition coefficient (Wildman–Crippen LogP) is 3.11. The van der Waals surface area contributed by atoms with Crippen LogP contribution in [0.15, 0.2) is 18.3 Å². The second-order valence-corrected chi connectivity index (χ2v) is 5.78. The molecule has 1 aliphatic rings. The van der Waals surface area contributed by atoms with Gasteiger partial charge in [0.2, 0.25) is 0 Å². The number of carboxylic acids is 1. The minimum absolute atomic E-state index is 0.462. The first kappa shape index (κ1) is 15.0. The van der Waals surface area contributed by atoms with Gasteiger partial charge in [-0.1, -0.05) is 26.3 Å². The Hall–Kier alpha value is -1.42.